The molecule has 0 aromatic heterocycles. The molecular formula is C15H22ClNO. The predicted octanol–water partition coefficient (Wildman–Crippen LogP) is 2.98. The first-order valence-corrected chi connectivity index (χ1v) is 7.23. The van der Waals surface area contributed by atoms with Gasteiger partial charge in [-0.05, 0) is 49.4 Å². The Morgan fingerprint density at radius 1 is 1.33 bits per heavy atom. The summed E-state index contributed by atoms with van der Waals surface area (Å²) in [5.41, 5.74) is 1.30. The van der Waals surface area contributed by atoms with Crippen LogP contribution in [0.3, 0.4) is 0 Å². The van der Waals surface area contributed by atoms with E-state index in [1.807, 2.05) is 18.2 Å². The third-order valence-corrected chi connectivity index (χ3v) is 3.95. The molecule has 1 aromatic rings. The lowest BCUT2D eigenvalue weighted by Gasteiger charge is -2.23. The Morgan fingerprint density at radius 2 is 2.22 bits per heavy atom. The van der Waals surface area contributed by atoms with Crippen molar-refractivity contribution in [1.82, 2.24) is 4.90 Å². The maximum atomic E-state index is 9.31. The molecule has 0 spiro atoms. The van der Waals surface area contributed by atoms with Gasteiger partial charge in [0.2, 0.25) is 0 Å². The number of halogens is 1. The quantitative estimate of drug-likeness (QED) is 0.907. The minimum atomic E-state index is 0.327. The van der Waals surface area contributed by atoms with Crippen LogP contribution in [-0.2, 0) is 6.42 Å². The summed E-state index contributed by atoms with van der Waals surface area (Å²) in [4.78, 5) is 2.48. The molecule has 2 rings (SSSR count). The number of aliphatic hydroxyl groups is 1. The van der Waals surface area contributed by atoms with Crippen LogP contribution >= 0.6 is 11.6 Å². The standard InChI is InChI=1S/C15H22ClNO/c16-15-6-3-5-13(10-15)7-9-17-8-2-1-4-14(11-17)12-18/h3,5-6,10,14,18H,1-2,4,7-9,11-12H2. The molecule has 1 atom stereocenters. The highest BCUT2D eigenvalue weighted by atomic mass is 35.5. The number of likely N-dealkylation sites (tertiary alicyclic amines) is 1. The van der Waals surface area contributed by atoms with Gasteiger partial charge >= 0.3 is 0 Å². The van der Waals surface area contributed by atoms with Gasteiger partial charge in [0.1, 0.15) is 0 Å². The highest BCUT2D eigenvalue weighted by Crippen LogP contribution is 2.17. The molecule has 100 valence electrons. The minimum absolute atomic E-state index is 0.327. The fourth-order valence-corrected chi connectivity index (χ4v) is 2.86. The molecule has 1 N–H and O–H groups in total. The summed E-state index contributed by atoms with van der Waals surface area (Å²) >= 11 is 5.99. The van der Waals surface area contributed by atoms with E-state index in [-0.39, 0.29) is 0 Å². The van der Waals surface area contributed by atoms with Crippen LogP contribution in [0.15, 0.2) is 24.3 Å². The average Bonchev–Trinajstić information content (AvgIpc) is 2.61. The molecule has 1 saturated heterocycles. The Bertz CT molecular complexity index is 369. The molecule has 3 heteroatoms. The van der Waals surface area contributed by atoms with Gasteiger partial charge in [0.25, 0.3) is 0 Å². The third-order valence-electron chi connectivity index (χ3n) is 3.72. The molecule has 2 nitrogen and oxygen atoms in total. The number of benzene rings is 1. The van der Waals surface area contributed by atoms with Crippen LogP contribution in [0.4, 0.5) is 0 Å². The largest absolute Gasteiger partial charge is 0.396 e. The second-order valence-electron chi connectivity index (χ2n) is 5.22. The highest BCUT2D eigenvalue weighted by molar-refractivity contribution is 6.30. The van der Waals surface area contributed by atoms with E-state index in [1.165, 1.54) is 24.8 Å². The molecular weight excluding hydrogens is 246 g/mol. The molecule has 1 unspecified atom stereocenters. The molecule has 0 bridgehead atoms. The van der Waals surface area contributed by atoms with E-state index in [1.54, 1.807) is 0 Å². The van der Waals surface area contributed by atoms with Gasteiger partial charge in [-0.15, -0.1) is 0 Å². The number of rotatable bonds is 4. The molecule has 1 aliphatic rings. The lowest BCUT2D eigenvalue weighted by Crippen LogP contribution is -2.31. The smallest absolute Gasteiger partial charge is 0.0471 e. The van der Waals surface area contributed by atoms with Gasteiger partial charge in [-0.3, -0.25) is 0 Å². The van der Waals surface area contributed by atoms with E-state index in [0.29, 0.717) is 12.5 Å². The van der Waals surface area contributed by atoms with E-state index >= 15 is 0 Å². The number of aliphatic hydroxyl groups excluding tert-OH is 1. The maximum Gasteiger partial charge on any atom is 0.0471 e. The van der Waals surface area contributed by atoms with Crippen molar-refractivity contribution in [2.45, 2.75) is 25.7 Å². The predicted molar refractivity (Wildman–Crippen MR) is 76.0 cm³/mol. The van der Waals surface area contributed by atoms with Crippen LogP contribution < -0.4 is 0 Å². The SMILES string of the molecule is OCC1CCCCN(CCc2cccc(Cl)c2)C1. The lowest BCUT2D eigenvalue weighted by atomic mass is 10.0. The van der Waals surface area contributed by atoms with Crippen LogP contribution in [0.2, 0.25) is 5.02 Å². The zero-order valence-electron chi connectivity index (χ0n) is 10.8. The first-order valence-electron chi connectivity index (χ1n) is 6.85. The summed E-state index contributed by atoms with van der Waals surface area (Å²) in [6, 6.07) is 8.10. The number of hydrogen-bond acceptors (Lipinski definition) is 2. The van der Waals surface area contributed by atoms with E-state index in [2.05, 4.69) is 11.0 Å². The Hall–Kier alpha value is -0.570. The van der Waals surface area contributed by atoms with Crippen molar-refractivity contribution in [3.8, 4) is 0 Å². The molecule has 1 aromatic carbocycles. The van der Waals surface area contributed by atoms with E-state index < -0.39 is 0 Å². The number of nitrogens with zero attached hydrogens (tertiary/aromatic N) is 1. The van der Waals surface area contributed by atoms with Crippen LogP contribution in [-0.4, -0.2) is 36.2 Å². The third kappa shape index (κ3) is 4.27. The molecule has 1 aliphatic heterocycles. The first-order chi connectivity index (χ1) is 8.78. The van der Waals surface area contributed by atoms with E-state index in [0.717, 1.165) is 31.1 Å². The summed E-state index contributed by atoms with van der Waals surface area (Å²) in [5, 5.41) is 10.1. The molecule has 0 amide bonds. The second-order valence-corrected chi connectivity index (χ2v) is 5.66. The lowest BCUT2D eigenvalue weighted by molar-refractivity contribution is 0.174. The van der Waals surface area contributed by atoms with Crippen molar-refractivity contribution in [2.24, 2.45) is 5.92 Å². The molecule has 1 fully saturated rings. The molecule has 18 heavy (non-hydrogen) atoms. The Morgan fingerprint density at radius 3 is 3.00 bits per heavy atom. The van der Waals surface area contributed by atoms with Gasteiger partial charge < -0.3 is 10.0 Å². The van der Waals surface area contributed by atoms with Crippen LogP contribution in [0.25, 0.3) is 0 Å². The minimum Gasteiger partial charge on any atom is -0.396 e. The topological polar surface area (TPSA) is 23.5 Å². The summed E-state index contributed by atoms with van der Waals surface area (Å²) in [7, 11) is 0. The molecule has 0 aliphatic carbocycles. The van der Waals surface area contributed by atoms with Crippen molar-refractivity contribution >= 4 is 11.6 Å². The van der Waals surface area contributed by atoms with Gasteiger partial charge in [-0.2, -0.15) is 0 Å². The Labute approximate surface area is 115 Å². The molecule has 0 saturated carbocycles. The Balaban J connectivity index is 1.85. The van der Waals surface area contributed by atoms with E-state index in [9.17, 15) is 5.11 Å². The van der Waals surface area contributed by atoms with Crippen LogP contribution in [0.1, 0.15) is 24.8 Å². The Kier molecular flexibility index (Phi) is 5.48. The van der Waals surface area contributed by atoms with Crippen molar-refractivity contribution in [1.29, 1.82) is 0 Å². The summed E-state index contributed by atoms with van der Waals surface area (Å²) in [5.74, 6) is 0.465. The zero-order valence-corrected chi connectivity index (χ0v) is 11.6. The molecule has 0 radical (unpaired) electrons. The first kappa shape index (κ1) is 13.9. The average molecular weight is 268 g/mol. The maximum absolute atomic E-state index is 9.31. The monoisotopic (exact) mass is 267 g/mol. The second kappa shape index (κ2) is 7.13. The van der Waals surface area contributed by atoms with Gasteiger partial charge in [-0.1, -0.05) is 30.2 Å². The molecule has 1 heterocycles. The fraction of sp³-hybridized carbons (Fsp3) is 0.600. The van der Waals surface area contributed by atoms with Gasteiger partial charge in [0.05, 0.1) is 0 Å². The van der Waals surface area contributed by atoms with Crippen molar-refractivity contribution in [3.63, 3.8) is 0 Å². The fourth-order valence-electron chi connectivity index (χ4n) is 2.65. The van der Waals surface area contributed by atoms with Gasteiger partial charge in [0.15, 0.2) is 0 Å². The normalized spacial score (nSPS) is 21.8. The van der Waals surface area contributed by atoms with Crippen molar-refractivity contribution < 1.29 is 5.11 Å². The van der Waals surface area contributed by atoms with Crippen molar-refractivity contribution in [2.75, 3.05) is 26.2 Å². The van der Waals surface area contributed by atoms with Crippen LogP contribution in [0.5, 0.6) is 0 Å². The summed E-state index contributed by atoms with van der Waals surface area (Å²) < 4.78 is 0. The van der Waals surface area contributed by atoms with Gasteiger partial charge in [-0.25, -0.2) is 0 Å². The van der Waals surface area contributed by atoms with Crippen molar-refractivity contribution in [3.05, 3.63) is 34.9 Å². The highest BCUT2D eigenvalue weighted by Gasteiger charge is 2.16. The van der Waals surface area contributed by atoms with Gasteiger partial charge in [0, 0.05) is 24.7 Å². The van der Waals surface area contributed by atoms with E-state index in [4.69, 9.17) is 11.6 Å². The summed E-state index contributed by atoms with van der Waals surface area (Å²) in [6.07, 6.45) is 4.72. The van der Waals surface area contributed by atoms with Crippen LogP contribution in [0, 0.1) is 5.92 Å². The summed E-state index contributed by atoms with van der Waals surface area (Å²) in [6.45, 7) is 3.60. The zero-order chi connectivity index (χ0) is 12.8. The number of hydrogen-bond donors (Lipinski definition) is 1.